The summed E-state index contributed by atoms with van der Waals surface area (Å²) in [6, 6.07) is 7.53. The molecule has 1 amide bonds. The number of benzene rings is 1. The number of hydrogen-bond donors (Lipinski definition) is 0. The quantitative estimate of drug-likeness (QED) is 0.688. The van der Waals surface area contributed by atoms with Gasteiger partial charge in [0, 0.05) is 33.0 Å². The SMILES string of the molecule is CN(C)c1nccnc1O[C@@H]1CCCN(C(=O)c2cnc3ccccc3n2)C1. The third kappa shape index (κ3) is 3.71. The lowest BCUT2D eigenvalue weighted by atomic mass is 10.1. The highest BCUT2D eigenvalue weighted by Crippen LogP contribution is 2.24. The molecule has 8 nitrogen and oxygen atoms in total. The van der Waals surface area contributed by atoms with Crippen molar-refractivity contribution in [2.75, 3.05) is 32.1 Å². The first-order valence-corrected chi connectivity index (χ1v) is 9.28. The zero-order chi connectivity index (χ0) is 19.5. The third-order valence-electron chi connectivity index (χ3n) is 4.68. The summed E-state index contributed by atoms with van der Waals surface area (Å²) in [4.78, 5) is 34.0. The maximum Gasteiger partial charge on any atom is 0.274 e. The number of piperidine rings is 1. The zero-order valence-corrected chi connectivity index (χ0v) is 15.9. The summed E-state index contributed by atoms with van der Waals surface area (Å²) in [7, 11) is 3.79. The summed E-state index contributed by atoms with van der Waals surface area (Å²) in [6.07, 6.45) is 6.37. The molecule has 28 heavy (non-hydrogen) atoms. The van der Waals surface area contributed by atoms with Crippen molar-refractivity contribution < 1.29 is 9.53 Å². The van der Waals surface area contributed by atoms with E-state index in [0.717, 1.165) is 18.4 Å². The summed E-state index contributed by atoms with van der Waals surface area (Å²) in [5.41, 5.74) is 1.85. The summed E-state index contributed by atoms with van der Waals surface area (Å²) in [6.45, 7) is 1.16. The molecule has 1 aliphatic heterocycles. The van der Waals surface area contributed by atoms with E-state index < -0.39 is 0 Å². The van der Waals surface area contributed by atoms with Gasteiger partial charge in [-0.1, -0.05) is 12.1 Å². The molecular weight excluding hydrogens is 356 g/mol. The Labute approximate surface area is 163 Å². The molecule has 2 aromatic heterocycles. The second kappa shape index (κ2) is 7.75. The lowest BCUT2D eigenvalue weighted by molar-refractivity contribution is 0.0523. The van der Waals surface area contributed by atoms with Gasteiger partial charge in [-0.05, 0) is 25.0 Å². The Morgan fingerprint density at radius 3 is 2.75 bits per heavy atom. The Balaban J connectivity index is 1.49. The molecule has 0 saturated carbocycles. The fourth-order valence-corrected chi connectivity index (χ4v) is 3.31. The van der Waals surface area contributed by atoms with E-state index in [-0.39, 0.29) is 12.0 Å². The fourth-order valence-electron chi connectivity index (χ4n) is 3.31. The van der Waals surface area contributed by atoms with E-state index in [1.807, 2.05) is 43.3 Å². The molecule has 0 unspecified atom stereocenters. The van der Waals surface area contributed by atoms with Crippen molar-refractivity contribution >= 4 is 22.8 Å². The highest BCUT2D eigenvalue weighted by atomic mass is 16.5. The second-order valence-corrected chi connectivity index (χ2v) is 6.96. The van der Waals surface area contributed by atoms with Gasteiger partial charge in [-0.25, -0.2) is 15.0 Å². The fraction of sp³-hybridized carbons (Fsp3) is 0.350. The molecule has 1 aliphatic rings. The molecule has 144 valence electrons. The number of rotatable bonds is 4. The molecule has 0 aliphatic carbocycles. The number of amides is 1. The second-order valence-electron chi connectivity index (χ2n) is 6.96. The Morgan fingerprint density at radius 1 is 1.14 bits per heavy atom. The molecule has 1 aromatic carbocycles. The average molecular weight is 378 g/mol. The minimum absolute atomic E-state index is 0.126. The van der Waals surface area contributed by atoms with Crippen LogP contribution in [0.5, 0.6) is 5.88 Å². The van der Waals surface area contributed by atoms with Gasteiger partial charge in [-0.15, -0.1) is 0 Å². The maximum absolute atomic E-state index is 12.9. The van der Waals surface area contributed by atoms with Crippen molar-refractivity contribution in [3.63, 3.8) is 0 Å². The summed E-state index contributed by atoms with van der Waals surface area (Å²) < 4.78 is 6.09. The highest BCUT2D eigenvalue weighted by molar-refractivity contribution is 5.93. The summed E-state index contributed by atoms with van der Waals surface area (Å²) >= 11 is 0. The van der Waals surface area contributed by atoms with Crippen molar-refractivity contribution in [2.45, 2.75) is 18.9 Å². The number of fused-ring (bicyclic) bond motifs is 1. The van der Waals surface area contributed by atoms with Crippen LogP contribution in [0.1, 0.15) is 23.3 Å². The van der Waals surface area contributed by atoms with Crippen molar-refractivity contribution in [3.05, 3.63) is 48.5 Å². The van der Waals surface area contributed by atoms with Gasteiger partial charge in [0.25, 0.3) is 11.8 Å². The number of hydrogen-bond acceptors (Lipinski definition) is 7. The van der Waals surface area contributed by atoms with E-state index in [1.165, 1.54) is 0 Å². The predicted octanol–water partition coefficient (Wildman–Crippen LogP) is 2.17. The first kappa shape index (κ1) is 18.1. The smallest absolute Gasteiger partial charge is 0.274 e. The number of ether oxygens (including phenoxy) is 1. The van der Waals surface area contributed by atoms with E-state index in [1.54, 1.807) is 23.5 Å². The largest absolute Gasteiger partial charge is 0.470 e. The van der Waals surface area contributed by atoms with Crippen LogP contribution in [0.4, 0.5) is 5.82 Å². The molecule has 8 heteroatoms. The molecule has 1 saturated heterocycles. The molecule has 1 atom stereocenters. The molecule has 1 fully saturated rings. The lowest BCUT2D eigenvalue weighted by Crippen LogP contribution is -2.44. The van der Waals surface area contributed by atoms with Gasteiger partial charge < -0.3 is 14.5 Å². The normalized spacial score (nSPS) is 16.8. The number of likely N-dealkylation sites (tertiary alicyclic amines) is 1. The lowest BCUT2D eigenvalue weighted by Gasteiger charge is -2.32. The number of carbonyl (C=O) groups is 1. The van der Waals surface area contributed by atoms with Gasteiger partial charge in [0.05, 0.1) is 23.8 Å². The van der Waals surface area contributed by atoms with Crippen LogP contribution in [-0.2, 0) is 0 Å². The molecule has 0 bridgehead atoms. The number of aromatic nitrogens is 4. The minimum Gasteiger partial charge on any atom is -0.470 e. The van der Waals surface area contributed by atoms with E-state index in [0.29, 0.717) is 36.0 Å². The number of carbonyl (C=O) groups excluding carboxylic acids is 1. The first-order valence-electron chi connectivity index (χ1n) is 9.28. The molecule has 4 rings (SSSR count). The maximum atomic E-state index is 12.9. The van der Waals surface area contributed by atoms with E-state index in [2.05, 4.69) is 19.9 Å². The van der Waals surface area contributed by atoms with Crippen molar-refractivity contribution in [1.82, 2.24) is 24.8 Å². The summed E-state index contributed by atoms with van der Waals surface area (Å²) in [5.74, 6) is 1.03. The van der Waals surface area contributed by atoms with Crippen LogP contribution < -0.4 is 9.64 Å². The highest BCUT2D eigenvalue weighted by Gasteiger charge is 2.28. The number of nitrogens with zero attached hydrogens (tertiary/aromatic N) is 6. The molecule has 0 spiro atoms. The predicted molar refractivity (Wildman–Crippen MR) is 105 cm³/mol. The molecule has 0 N–H and O–H groups in total. The van der Waals surface area contributed by atoms with Crippen LogP contribution in [0.3, 0.4) is 0 Å². The number of anilines is 1. The minimum atomic E-state index is -0.137. The Morgan fingerprint density at radius 2 is 1.93 bits per heavy atom. The molecule has 0 radical (unpaired) electrons. The average Bonchev–Trinajstić information content (AvgIpc) is 2.73. The van der Waals surface area contributed by atoms with Crippen LogP contribution in [-0.4, -0.2) is 64.0 Å². The Kier molecular flexibility index (Phi) is 5.01. The Bertz CT molecular complexity index is 993. The van der Waals surface area contributed by atoms with Crippen molar-refractivity contribution in [1.29, 1.82) is 0 Å². The standard InChI is InChI=1S/C20H22N6O2/c1-25(2)18-19(22-10-9-21-18)28-14-6-5-11-26(13-14)20(27)17-12-23-15-7-3-4-8-16(15)24-17/h3-4,7-10,12,14H,5-6,11,13H2,1-2H3/t14-/m1/s1. The van der Waals surface area contributed by atoms with Gasteiger partial charge >= 0.3 is 0 Å². The Hall–Kier alpha value is -3.29. The zero-order valence-electron chi connectivity index (χ0n) is 15.9. The summed E-state index contributed by atoms with van der Waals surface area (Å²) in [5, 5.41) is 0. The number of para-hydroxylation sites is 2. The van der Waals surface area contributed by atoms with Gasteiger partial charge in [-0.2, -0.15) is 0 Å². The topological polar surface area (TPSA) is 84.3 Å². The van der Waals surface area contributed by atoms with Crippen LogP contribution in [0.2, 0.25) is 0 Å². The third-order valence-corrected chi connectivity index (χ3v) is 4.68. The van der Waals surface area contributed by atoms with E-state index >= 15 is 0 Å². The van der Waals surface area contributed by atoms with Crippen LogP contribution in [0, 0.1) is 0 Å². The van der Waals surface area contributed by atoms with Gasteiger partial charge in [0.15, 0.2) is 5.82 Å². The molecular formula is C20H22N6O2. The van der Waals surface area contributed by atoms with Gasteiger partial charge in [0.1, 0.15) is 11.8 Å². The van der Waals surface area contributed by atoms with Crippen LogP contribution >= 0.6 is 0 Å². The van der Waals surface area contributed by atoms with Crippen LogP contribution in [0.25, 0.3) is 11.0 Å². The van der Waals surface area contributed by atoms with E-state index in [9.17, 15) is 4.79 Å². The van der Waals surface area contributed by atoms with Gasteiger partial charge in [-0.3, -0.25) is 9.78 Å². The monoisotopic (exact) mass is 378 g/mol. The van der Waals surface area contributed by atoms with Gasteiger partial charge in [0.2, 0.25) is 0 Å². The first-order chi connectivity index (χ1) is 13.6. The van der Waals surface area contributed by atoms with Crippen molar-refractivity contribution in [3.8, 4) is 5.88 Å². The van der Waals surface area contributed by atoms with E-state index in [4.69, 9.17) is 4.74 Å². The van der Waals surface area contributed by atoms with Crippen LogP contribution in [0.15, 0.2) is 42.9 Å². The van der Waals surface area contributed by atoms with Crippen molar-refractivity contribution in [2.24, 2.45) is 0 Å². The molecule has 3 heterocycles. The molecule has 3 aromatic rings.